The van der Waals surface area contributed by atoms with E-state index in [-0.39, 0.29) is 17.7 Å². The van der Waals surface area contributed by atoms with Crippen LogP contribution < -0.4 is 4.74 Å². The first-order valence-corrected chi connectivity index (χ1v) is 12.2. The number of carbonyl (C=O) groups is 3. The largest absolute Gasteiger partial charge is 0.508 e. The highest BCUT2D eigenvalue weighted by molar-refractivity contribution is 6.09. The zero-order chi connectivity index (χ0) is 30.6. The van der Waals surface area contributed by atoms with E-state index in [0.29, 0.717) is 6.08 Å². The van der Waals surface area contributed by atoms with Gasteiger partial charge in [-0.15, -0.1) is 0 Å². The number of carboxylic acid groups (broad SMARTS) is 1. The molecule has 218 valence electrons. The van der Waals surface area contributed by atoms with Gasteiger partial charge in [-0.1, -0.05) is 6.08 Å². The number of ether oxygens (including phenoxy) is 2. The molecule has 14 nitrogen and oxygen atoms in total. The molecule has 3 aliphatic rings. The van der Waals surface area contributed by atoms with Crippen LogP contribution in [0, 0.1) is 11.8 Å². The summed E-state index contributed by atoms with van der Waals surface area (Å²) in [6.07, 6.45) is -0.342. The second kappa shape index (κ2) is 9.99. The molecule has 2 aromatic rings. The van der Waals surface area contributed by atoms with Crippen molar-refractivity contribution in [2.75, 3.05) is 0 Å². The minimum absolute atomic E-state index is 0.0821. The Balaban J connectivity index is 1.64. The summed E-state index contributed by atoms with van der Waals surface area (Å²) < 4.78 is 11.6. The maximum Gasteiger partial charge on any atom is 0.338 e. The van der Waals surface area contributed by atoms with Crippen LogP contribution in [0.2, 0.25) is 0 Å². The quantitative estimate of drug-likeness (QED) is 0.185. The van der Waals surface area contributed by atoms with Gasteiger partial charge < -0.3 is 55.4 Å². The molecule has 2 aromatic carbocycles. The van der Waals surface area contributed by atoms with E-state index in [2.05, 4.69) is 0 Å². The van der Waals surface area contributed by atoms with E-state index < -0.39 is 105 Å². The molecule has 0 fully saturated rings. The van der Waals surface area contributed by atoms with E-state index in [0.717, 1.165) is 36.4 Å². The van der Waals surface area contributed by atoms with Crippen molar-refractivity contribution >= 4 is 17.7 Å². The molecule has 1 aliphatic heterocycles. The highest BCUT2D eigenvalue weighted by Gasteiger charge is 2.48. The number of phenolic OH excluding ortho intramolecular Hbond substituents is 5. The van der Waals surface area contributed by atoms with Crippen molar-refractivity contribution < 1.29 is 69.8 Å². The van der Waals surface area contributed by atoms with E-state index in [4.69, 9.17) is 9.47 Å². The van der Waals surface area contributed by atoms with Gasteiger partial charge in [0.05, 0.1) is 16.7 Å². The lowest BCUT2D eigenvalue weighted by Gasteiger charge is -2.40. The summed E-state index contributed by atoms with van der Waals surface area (Å²) in [5, 5.41) is 90.8. The second-order valence-corrected chi connectivity index (χ2v) is 9.74. The van der Waals surface area contributed by atoms with Crippen LogP contribution in [0.1, 0.15) is 15.9 Å². The van der Waals surface area contributed by atoms with Crippen molar-refractivity contribution in [2.24, 2.45) is 11.8 Å². The summed E-state index contributed by atoms with van der Waals surface area (Å²) in [7, 11) is 0. The fourth-order valence-electron chi connectivity index (χ4n) is 5.16. The molecule has 0 bridgehead atoms. The number of aliphatic carboxylic acids is 1. The van der Waals surface area contributed by atoms with Gasteiger partial charge >= 0.3 is 11.9 Å². The SMILES string of the molecule is O=C(O)C1=CC2C(=C(O)C(O)=C1)C(=O)C(O)=CC2[C@H]1Oc2cc(O)cc(O)c2C[C@H]1OC(=O)c1cc(O)c(O)c(O)c1. The van der Waals surface area contributed by atoms with Gasteiger partial charge in [0.2, 0.25) is 5.78 Å². The van der Waals surface area contributed by atoms with E-state index >= 15 is 0 Å². The fraction of sp³-hybridized carbons (Fsp3) is 0.179. The average Bonchev–Trinajstić information content (AvgIpc) is 3.05. The number of fused-ring (bicyclic) bond motifs is 2. The fourth-order valence-corrected chi connectivity index (χ4v) is 5.16. The summed E-state index contributed by atoms with van der Waals surface area (Å²) in [6.45, 7) is 0. The van der Waals surface area contributed by atoms with Crippen molar-refractivity contribution in [3.05, 3.63) is 82.0 Å². The van der Waals surface area contributed by atoms with Gasteiger partial charge in [-0.25, -0.2) is 9.59 Å². The van der Waals surface area contributed by atoms with Crippen molar-refractivity contribution in [3.63, 3.8) is 0 Å². The first-order chi connectivity index (χ1) is 19.8. The molecule has 2 aliphatic carbocycles. The lowest BCUT2D eigenvalue weighted by molar-refractivity contribution is -0.132. The molecule has 2 unspecified atom stereocenters. The van der Waals surface area contributed by atoms with Crippen molar-refractivity contribution in [1.29, 1.82) is 0 Å². The minimum atomic E-state index is -1.53. The number of carbonyl (C=O) groups excluding carboxylic acids is 2. The third-order valence-electron chi connectivity index (χ3n) is 7.12. The third kappa shape index (κ3) is 4.64. The van der Waals surface area contributed by atoms with Gasteiger partial charge in [0.25, 0.3) is 0 Å². The first-order valence-electron chi connectivity index (χ1n) is 12.2. The number of aliphatic hydroxyl groups is 3. The van der Waals surface area contributed by atoms with E-state index in [1.807, 2.05) is 0 Å². The number of Topliss-reactive ketones (excluding diaryl/α,β-unsaturated/α-hetero) is 1. The van der Waals surface area contributed by atoms with Gasteiger partial charge in [0.15, 0.2) is 34.5 Å². The van der Waals surface area contributed by atoms with E-state index in [9.17, 15) is 60.3 Å². The highest BCUT2D eigenvalue weighted by Crippen LogP contribution is 2.46. The lowest BCUT2D eigenvalue weighted by atomic mass is 9.72. The maximum absolute atomic E-state index is 13.1. The Hall–Kier alpha value is -5.79. The summed E-state index contributed by atoms with van der Waals surface area (Å²) in [4.78, 5) is 37.9. The first kappa shape index (κ1) is 27.8. The molecule has 9 N–H and O–H groups in total. The molecule has 0 spiro atoms. The number of aromatic hydroxyl groups is 5. The number of rotatable bonds is 4. The number of hydrogen-bond acceptors (Lipinski definition) is 13. The topological polar surface area (TPSA) is 252 Å². The number of ketones is 1. The van der Waals surface area contributed by atoms with Crippen LogP contribution in [0.4, 0.5) is 0 Å². The molecule has 4 atom stereocenters. The molecule has 0 aromatic heterocycles. The summed E-state index contributed by atoms with van der Waals surface area (Å²) >= 11 is 0. The minimum Gasteiger partial charge on any atom is -0.508 e. The van der Waals surface area contributed by atoms with Crippen LogP contribution >= 0.6 is 0 Å². The predicted molar refractivity (Wildman–Crippen MR) is 137 cm³/mol. The zero-order valence-electron chi connectivity index (χ0n) is 21.1. The number of carboxylic acids is 1. The Morgan fingerprint density at radius 2 is 1.52 bits per heavy atom. The van der Waals surface area contributed by atoms with E-state index in [1.54, 1.807) is 0 Å². The molecule has 14 heteroatoms. The van der Waals surface area contributed by atoms with Gasteiger partial charge in [-0.2, -0.15) is 0 Å². The monoisotopic (exact) mass is 582 g/mol. The summed E-state index contributed by atoms with van der Waals surface area (Å²) in [5.74, 6) is -12.8. The lowest BCUT2D eigenvalue weighted by Crippen LogP contribution is -2.49. The molecule has 5 rings (SSSR count). The summed E-state index contributed by atoms with van der Waals surface area (Å²) in [6, 6.07) is 3.76. The Morgan fingerprint density at radius 3 is 2.17 bits per heavy atom. The number of phenols is 5. The molecule has 0 saturated carbocycles. The van der Waals surface area contributed by atoms with E-state index in [1.165, 1.54) is 0 Å². The molecule has 0 saturated heterocycles. The van der Waals surface area contributed by atoms with Crippen LogP contribution in [0.5, 0.6) is 34.5 Å². The number of allylic oxidation sites excluding steroid dienone is 2. The molecule has 42 heavy (non-hydrogen) atoms. The van der Waals surface area contributed by atoms with Crippen LogP contribution in [-0.4, -0.2) is 75.9 Å². The highest BCUT2D eigenvalue weighted by atomic mass is 16.6. The summed E-state index contributed by atoms with van der Waals surface area (Å²) in [5.41, 5.74) is -1.42. The van der Waals surface area contributed by atoms with Crippen LogP contribution in [0.25, 0.3) is 0 Å². The van der Waals surface area contributed by atoms with Crippen molar-refractivity contribution in [2.45, 2.75) is 18.6 Å². The number of aliphatic hydroxyl groups excluding tert-OH is 3. The van der Waals surface area contributed by atoms with Gasteiger partial charge in [0.1, 0.15) is 29.5 Å². The predicted octanol–water partition coefficient (Wildman–Crippen LogP) is 2.28. The third-order valence-corrected chi connectivity index (χ3v) is 7.12. The Labute approximate surface area is 234 Å². The Kier molecular flexibility index (Phi) is 6.61. The van der Waals surface area contributed by atoms with Crippen LogP contribution in [-0.2, 0) is 20.7 Å². The van der Waals surface area contributed by atoms with Crippen molar-refractivity contribution in [1.82, 2.24) is 0 Å². The van der Waals surface area contributed by atoms with Gasteiger partial charge in [-0.05, 0) is 24.3 Å². The van der Waals surface area contributed by atoms with Crippen molar-refractivity contribution in [3.8, 4) is 34.5 Å². The molecule has 0 amide bonds. The molecular weight excluding hydrogens is 560 g/mol. The maximum atomic E-state index is 13.1. The normalized spacial score (nSPS) is 23.3. The number of hydrogen-bond donors (Lipinski definition) is 9. The Bertz CT molecular complexity index is 1650. The molecule has 1 heterocycles. The Morgan fingerprint density at radius 1 is 0.857 bits per heavy atom. The van der Waals surface area contributed by atoms with Crippen LogP contribution in [0.3, 0.4) is 0 Å². The van der Waals surface area contributed by atoms with Gasteiger partial charge in [0, 0.05) is 36.0 Å². The number of esters is 1. The average molecular weight is 582 g/mol. The molecular formula is C28H22O14. The van der Waals surface area contributed by atoms with Crippen LogP contribution in [0.15, 0.2) is 70.9 Å². The molecule has 0 radical (unpaired) electrons. The van der Waals surface area contributed by atoms with Gasteiger partial charge in [-0.3, -0.25) is 4.79 Å². The standard InChI is InChI=1S/C28H22O14/c29-11-5-15(30)14-8-21(42-28(40)10-3-16(31)23(35)17(32)4-10)26(41-20(14)6-11)13-7-19(34)25(37)22-12(13)1-9(27(38)39)2-18(33)24(22)36/h1-7,12-13,21,26,29-36H,8H2,(H,38,39)/t12?,13?,21-,26-/m1/s1. The smallest absolute Gasteiger partial charge is 0.338 e. The zero-order valence-corrected chi connectivity index (χ0v) is 21.1. The number of benzene rings is 2. The second-order valence-electron chi connectivity index (χ2n) is 9.74.